The number of hydrogen-bond acceptors (Lipinski definition) is 6. The van der Waals surface area contributed by atoms with E-state index in [2.05, 4.69) is 15.6 Å². The maximum Gasteiger partial charge on any atom is 0.273 e. The molecule has 0 fully saturated rings. The molecular formula is C20H23N5O2S. The second-order valence-corrected chi connectivity index (χ2v) is 8.00. The average Bonchev–Trinajstić information content (AvgIpc) is 3.31. The number of thiazole rings is 1. The SMILES string of the molecule is COc1cccc(-n2nnc(C(=O)NCCc3nc4c(s3)CCCC4)c2C)c1. The molecular weight excluding hydrogens is 374 g/mol. The minimum atomic E-state index is -0.215. The van der Waals surface area contributed by atoms with Crippen molar-refractivity contribution in [2.24, 2.45) is 0 Å². The molecule has 3 aromatic rings. The van der Waals surface area contributed by atoms with Crippen molar-refractivity contribution < 1.29 is 9.53 Å². The Hall–Kier alpha value is -2.74. The topological polar surface area (TPSA) is 81.9 Å². The third kappa shape index (κ3) is 3.77. The first kappa shape index (κ1) is 18.6. The number of amides is 1. The molecule has 1 N–H and O–H groups in total. The zero-order valence-corrected chi connectivity index (χ0v) is 16.9. The van der Waals surface area contributed by atoms with Crippen molar-refractivity contribution in [1.82, 2.24) is 25.3 Å². The van der Waals surface area contributed by atoms with E-state index in [1.54, 1.807) is 23.1 Å². The van der Waals surface area contributed by atoms with Crippen LogP contribution in [0.4, 0.5) is 0 Å². The second kappa shape index (κ2) is 8.10. The third-order valence-corrected chi connectivity index (χ3v) is 6.14. The molecule has 0 saturated carbocycles. The third-order valence-electron chi connectivity index (χ3n) is 4.92. The highest BCUT2D eigenvalue weighted by Crippen LogP contribution is 2.26. The summed E-state index contributed by atoms with van der Waals surface area (Å²) in [7, 11) is 1.62. The summed E-state index contributed by atoms with van der Waals surface area (Å²) in [4.78, 5) is 18.7. The van der Waals surface area contributed by atoms with Crippen LogP contribution in [0.3, 0.4) is 0 Å². The maximum absolute atomic E-state index is 12.5. The number of methoxy groups -OCH3 is 1. The van der Waals surface area contributed by atoms with Crippen LogP contribution in [0.2, 0.25) is 0 Å². The van der Waals surface area contributed by atoms with Crippen molar-refractivity contribution in [3.05, 3.63) is 51.2 Å². The number of benzene rings is 1. The first-order valence-electron chi connectivity index (χ1n) is 9.48. The van der Waals surface area contributed by atoms with E-state index < -0.39 is 0 Å². The molecule has 2 aromatic heterocycles. The first-order valence-corrected chi connectivity index (χ1v) is 10.3. The van der Waals surface area contributed by atoms with Gasteiger partial charge in [0.1, 0.15) is 5.75 Å². The van der Waals surface area contributed by atoms with E-state index in [-0.39, 0.29) is 5.91 Å². The lowest BCUT2D eigenvalue weighted by atomic mass is 10.0. The average molecular weight is 398 g/mol. The number of nitrogens with zero attached hydrogens (tertiary/aromatic N) is 4. The molecule has 1 aromatic carbocycles. The van der Waals surface area contributed by atoms with E-state index in [9.17, 15) is 4.79 Å². The Morgan fingerprint density at radius 1 is 1.32 bits per heavy atom. The Bertz CT molecular complexity index is 971. The number of aryl methyl sites for hydroxylation is 2. The monoisotopic (exact) mass is 397 g/mol. The molecule has 1 aliphatic carbocycles. The molecule has 1 amide bonds. The lowest BCUT2D eigenvalue weighted by molar-refractivity contribution is 0.0948. The molecule has 0 atom stereocenters. The minimum absolute atomic E-state index is 0.215. The first-order chi connectivity index (χ1) is 13.7. The van der Waals surface area contributed by atoms with E-state index in [0.29, 0.717) is 17.9 Å². The highest BCUT2D eigenvalue weighted by Gasteiger charge is 2.18. The fraction of sp³-hybridized carbons (Fsp3) is 0.400. The molecule has 0 spiro atoms. The summed E-state index contributed by atoms with van der Waals surface area (Å²) in [5.41, 5.74) is 3.09. The lowest BCUT2D eigenvalue weighted by Crippen LogP contribution is -2.26. The molecule has 0 unspecified atom stereocenters. The van der Waals surface area contributed by atoms with Gasteiger partial charge in [0.25, 0.3) is 5.91 Å². The highest BCUT2D eigenvalue weighted by atomic mass is 32.1. The fourth-order valence-electron chi connectivity index (χ4n) is 3.41. The van der Waals surface area contributed by atoms with Crippen molar-refractivity contribution in [3.8, 4) is 11.4 Å². The smallest absolute Gasteiger partial charge is 0.273 e. The highest BCUT2D eigenvalue weighted by molar-refractivity contribution is 7.11. The molecule has 146 valence electrons. The Labute approximate surface area is 167 Å². The molecule has 0 bridgehead atoms. The quantitative estimate of drug-likeness (QED) is 0.692. The zero-order valence-electron chi connectivity index (χ0n) is 16.1. The Morgan fingerprint density at radius 3 is 3.00 bits per heavy atom. The van der Waals surface area contributed by atoms with Gasteiger partial charge in [0.15, 0.2) is 5.69 Å². The number of hydrogen-bond donors (Lipinski definition) is 1. The number of rotatable bonds is 6. The normalized spacial score (nSPS) is 13.2. The van der Waals surface area contributed by atoms with Gasteiger partial charge in [-0.15, -0.1) is 16.4 Å². The summed E-state index contributed by atoms with van der Waals surface area (Å²) in [6.45, 7) is 2.37. The Morgan fingerprint density at radius 2 is 2.18 bits per heavy atom. The molecule has 4 rings (SSSR count). The van der Waals surface area contributed by atoms with Gasteiger partial charge in [0, 0.05) is 23.9 Å². The van der Waals surface area contributed by atoms with Crippen molar-refractivity contribution >= 4 is 17.2 Å². The summed E-state index contributed by atoms with van der Waals surface area (Å²) in [6.07, 6.45) is 5.46. The molecule has 2 heterocycles. The van der Waals surface area contributed by atoms with Gasteiger partial charge < -0.3 is 10.1 Å². The van der Waals surface area contributed by atoms with Crippen LogP contribution in [0.5, 0.6) is 5.75 Å². The molecule has 0 radical (unpaired) electrons. The van der Waals surface area contributed by atoms with Gasteiger partial charge in [0.05, 0.1) is 29.2 Å². The fourth-order valence-corrected chi connectivity index (χ4v) is 4.56. The zero-order chi connectivity index (χ0) is 19.5. The van der Waals surface area contributed by atoms with E-state index in [1.165, 1.54) is 23.4 Å². The van der Waals surface area contributed by atoms with E-state index >= 15 is 0 Å². The van der Waals surface area contributed by atoms with Gasteiger partial charge in [0.2, 0.25) is 0 Å². The van der Waals surface area contributed by atoms with Gasteiger partial charge in [-0.25, -0.2) is 9.67 Å². The number of ether oxygens (including phenoxy) is 1. The minimum Gasteiger partial charge on any atom is -0.497 e. The van der Waals surface area contributed by atoms with Crippen LogP contribution in [0.15, 0.2) is 24.3 Å². The van der Waals surface area contributed by atoms with Gasteiger partial charge in [-0.2, -0.15) is 0 Å². The Kier molecular flexibility index (Phi) is 5.38. The van der Waals surface area contributed by atoms with Crippen LogP contribution < -0.4 is 10.1 Å². The largest absolute Gasteiger partial charge is 0.497 e. The second-order valence-electron chi connectivity index (χ2n) is 6.83. The van der Waals surface area contributed by atoms with Crippen LogP contribution in [0.25, 0.3) is 5.69 Å². The predicted octanol–water partition coefficient (Wildman–Crippen LogP) is 2.89. The number of fused-ring (bicyclic) bond motifs is 1. The van der Waals surface area contributed by atoms with Crippen LogP contribution in [-0.2, 0) is 19.3 Å². The predicted molar refractivity (Wildman–Crippen MR) is 107 cm³/mol. The number of aromatic nitrogens is 4. The number of carbonyl (C=O) groups is 1. The van der Waals surface area contributed by atoms with E-state index in [1.807, 2.05) is 31.2 Å². The van der Waals surface area contributed by atoms with Crippen molar-refractivity contribution in [2.45, 2.75) is 39.0 Å². The molecule has 0 saturated heterocycles. The standard InChI is InChI=1S/C20H23N5O2S/c1-13-19(23-24-25(13)14-6-5-7-15(12-14)27-2)20(26)21-11-10-18-22-16-8-3-4-9-17(16)28-18/h5-7,12H,3-4,8-11H2,1-2H3,(H,21,26). The lowest BCUT2D eigenvalue weighted by Gasteiger charge is -2.06. The molecule has 1 aliphatic rings. The summed E-state index contributed by atoms with van der Waals surface area (Å²) in [5, 5.41) is 12.3. The van der Waals surface area contributed by atoms with Crippen LogP contribution >= 0.6 is 11.3 Å². The molecule has 0 aliphatic heterocycles. The molecule has 28 heavy (non-hydrogen) atoms. The van der Waals surface area contributed by atoms with E-state index in [0.717, 1.165) is 35.7 Å². The number of nitrogens with one attached hydrogen (secondary N) is 1. The molecule has 7 nitrogen and oxygen atoms in total. The summed E-state index contributed by atoms with van der Waals surface area (Å²) in [6, 6.07) is 7.49. The maximum atomic E-state index is 12.5. The van der Waals surface area contributed by atoms with Crippen molar-refractivity contribution in [1.29, 1.82) is 0 Å². The Balaban J connectivity index is 1.40. The van der Waals surface area contributed by atoms with Crippen LogP contribution in [0, 0.1) is 6.92 Å². The van der Waals surface area contributed by atoms with Gasteiger partial charge in [-0.05, 0) is 44.7 Å². The van der Waals surface area contributed by atoms with Gasteiger partial charge >= 0.3 is 0 Å². The van der Waals surface area contributed by atoms with Crippen molar-refractivity contribution in [3.63, 3.8) is 0 Å². The van der Waals surface area contributed by atoms with Crippen molar-refractivity contribution in [2.75, 3.05) is 13.7 Å². The van der Waals surface area contributed by atoms with Gasteiger partial charge in [-0.3, -0.25) is 4.79 Å². The molecule has 8 heteroatoms. The summed E-state index contributed by atoms with van der Waals surface area (Å²) < 4.78 is 6.90. The summed E-state index contributed by atoms with van der Waals surface area (Å²) in [5.74, 6) is 0.512. The number of carbonyl (C=O) groups excluding carboxylic acids is 1. The van der Waals surface area contributed by atoms with E-state index in [4.69, 9.17) is 9.72 Å². The van der Waals surface area contributed by atoms with Crippen LogP contribution in [0.1, 0.15) is 44.6 Å². The summed E-state index contributed by atoms with van der Waals surface area (Å²) >= 11 is 1.78. The van der Waals surface area contributed by atoms with Gasteiger partial charge in [-0.1, -0.05) is 11.3 Å². The van der Waals surface area contributed by atoms with Crippen LogP contribution in [-0.4, -0.2) is 39.5 Å².